The van der Waals surface area contributed by atoms with Gasteiger partial charge in [0.2, 0.25) is 0 Å². The lowest BCUT2D eigenvalue weighted by molar-refractivity contribution is 0.0602. The fourth-order valence-electron chi connectivity index (χ4n) is 2.21. The van der Waals surface area contributed by atoms with Crippen LogP contribution < -0.4 is 0 Å². The van der Waals surface area contributed by atoms with Gasteiger partial charge in [-0.15, -0.1) is 0 Å². The molecule has 0 aliphatic heterocycles. The van der Waals surface area contributed by atoms with Gasteiger partial charge in [0, 0.05) is 0 Å². The van der Waals surface area contributed by atoms with E-state index in [-0.39, 0.29) is 6.10 Å². The normalized spacial score (nSPS) is 19.8. The molecular formula is C15H20O. The average molecular weight is 216 g/mol. The summed E-state index contributed by atoms with van der Waals surface area (Å²) in [4.78, 5) is 0. The van der Waals surface area contributed by atoms with E-state index in [9.17, 15) is 0 Å². The highest BCUT2D eigenvalue weighted by molar-refractivity contribution is 5.61. The van der Waals surface area contributed by atoms with Gasteiger partial charge in [0.15, 0.2) is 0 Å². The van der Waals surface area contributed by atoms with E-state index in [1.54, 1.807) is 0 Å². The Morgan fingerprint density at radius 1 is 1.31 bits per heavy atom. The molecule has 2 atom stereocenters. The Morgan fingerprint density at radius 2 is 2.12 bits per heavy atom. The summed E-state index contributed by atoms with van der Waals surface area (Å²) in [5.74, 6) is 0.658. The van der Waals surface area contributed by atoms with E-state index < -0.39 is 0 Å². The summed E-state index contributed by atoms with van der Waals surface area (Å²) in [6, 6.07) is 8.46. The maximum atomic E-state index is 5.96. The fraction of sp³-hybridized carbons (Fsp3) is 0.467. The van der Waals surface area contributed by atoms with Crippen LogP contribution in [-0.4, -0.2) is 6.61 Å². The monoisotopic (exact) mass is 216 g/mol. The third-order valence-corrected chi connectivity index (χ3v) is 3.09. The standard InChI is InChI=1S/C15H20O/c1-3-6-12(2)11-16-15-10-9-13-7-4-5-8-14(13)15/h4-5,7-10,12,15H,3,6,11H2,1-2H3. The van der Waals surface area contributed by atoms with Crippen molar-refractivity contribution in [3.63, 3.8) is 0 Å². The number of benzene rings is 1. The van der Waals surface area contributed by atoms with Crippen molar-refractivity contribution < 1.29 is 4.74 Å². The zero-order valence-electron chi connectivity index (χ0n) is 10.1. The molecule has 0 aromatic heterocycles. The molecule has 0 amide bonds. The summed E-state index contributed by atoms with van der Waals surface area (Å²) in [5, 5.41) is 0. The van der Waals surface area contributed by atoms with Crippen LogP contribution in [0.15, 0.2) is 30.3 Å². The maximum absolute atomic E-state index is 5.96. The summed E-state index contributed by atoms with van der Waals surface area (Å²) < 4.78 is 5.96. The van der Waals surface area contributed by atoms with Crippen LogP contribution in [0.5, 0.6) is 0 Å². The third-order valence-electron chi connectivity index (χ3n) is 3.09. The van der Waals surface area contributed by atoms with Crippen LogP contribution in [-0.2, 0) is 4.74 Å². The van der Waals surface area contributed by atoms with Gasteiger partial charge in [-0.1, -0.05) is 56.7 Å². The van der Waals surface area contributed by atoms with Gasteiger partial charge in [-0.05, 0) is 23.5 Å². The fourth-order valence-corrected chi connectivity index (χ4v) is 2.21. The van der Waals surface area contributed by atoms with Crippen LogP contribution in [0.4, 0.5) is 0 Å². The van der Waals surface area contributed by atoms with Crippen molar-refractivity contribution in [3.05, 3.63) is 41.5 Å². The van der Waals surface area contributed by atoms with Crippen LogP contribution in [0.3, 0.4) is 0 Å². The first-order valence-electron chi connectivity index (χ1n) is 6.20. The first-order chi connectivity index (χ1) is 7.81. The Balaban J connectivity index is 1.91. The highest BCUT2D eigenvalue weighted by Gasteiger charge is 2.17. The van der Waals surface area contributed by atoms with E-state index >= 15 is 0 Å². The van der Waals surface area contributed by atoms with Crippen molar-refractivity contribution in [1.82, 2.24) is 0 Å². The second-order valence-corrected chi connectivity index (χ2v) is 4.64. The second kappa shape index (κ2) is 5.31. The number of hydrogen-bond donors (Lipinski definition) is 0. The lowest BCUT2D eigenvalue weighted by Gasteiger charge is -2.16. The Bertz CT molecular complexity index is 367. The van der Waals surface area contributed by atoms with Crippen molar-refractivity contribution in [3.8, 4) is 0 Å². The highest BCUT2D eigenvalue weighted by Crippen LogP contribution is 2.31. The second-order valence-electron chi connectivity index (χ2n) is 4.64. The number of ether oxygens (including phenoxy) is 1. The largest absolute Gasteiger partial charge is 0.369 e. The van der Waals surface area contributed by atoms with E-state index in [2.05, 4.69) is 50.3 Å². The molecule has 2 rings (SSSR count). The van der Waals surface area contributed by atoms with Gasteiger partial charge in [0.25, 0.3) is 0 Å². The minimum Gasteiger partial charge on any atom is -0.369 e. The van der Waals surface area contributed by atoms with Gasteiger partial charge in [0.05, 0.1) is 6.61 Å². The van der Waals surface area contributed by atoms with Crippen LogP contribution in [0.2, 0.25) is 0 Å². The SMILES string of the molecule is CCCC(C)COC1C=Cc2ccccc21. The molecule has 0 fully saturated rings. The molecule has 1 aliphatic rings. The summed E-state index contributed by atoms with van der Waals surface area (Å²) in [7, 11) is 0. The van der Waals surface area contributed by atoms with Crippen molar-refractivity contribution in [1.29, 1.82) is 0 Å². The molecular weight excluding hydrogens is 196 g/mol. The van der Waals surface area contributed by atoms with Gasteiger partial charge in [-0.3, -0.25) is 0 Å². The molecule has 1 nitrogen and oxygen atoms in total. The molecule has 1 aromatic carbocycles. The van der Waals surface area contributed by atoms with Crippen LogP contribution >= 0.6 is 0 Å². The average Bonchev–Trinajstić information content (AvgIpc) is 2.70. The van der Waals surface area contributed by atoms with Gasteiger partial charge in [-0.2, -0.15) is 0 Å². The Hall–Kier alpha value is -1.08. The van der Waals surface area contributed by atoms with Crippen molar-refractivity contribution in [2.45, 2.75) is 32.8 Å². The van der Waals surface area contributed by atoms with Crippen LogP contribution in [0, 0.1) is 5.92 Å². The van der Waals surface area contributed by atoms with Crippen LogP contribution in [0.1, 0.15) is 43.9 Å². The smallest absolute Gasteiger partial charge is 0.102 e. The van der Waals surface area contributed by atoms with E-state index in [1.165, 1.54) is 24.0 Å². The van der Waals surface area contributed by atoms with Gasteiger partial charge >= 0.3 is 0 Å². The van der Waals surface area contributed by atoms with E-state index in [4.69, 9.17) is 4.74 Å². The molecule has 0 saturated carbocycles. The van der Waals surface area contributed by atoms with E-state index in [1.807, 2.05) is 0 Å². The van der Waals surface area contributed by atoms with Gasteiger partial charge in [0.1, 0.15) is 6.10 Å². The maximum Gasteiger partial charge on any atom is 0.102 e. The molecule has 1 aromatic rings. The summed E-state index contributed by atoms with van der Waals surface area (Å²) in [6.07, 6.45) is 6.98. The van der Waals surface area contributed by atoms with E-state index in [0.717, 1.165) is 6.61 Å². The predicted molar refractivity (Wildman–Crippen MR) is 68.2 cm³/mol. The number of hydrogen-bond acceptors (Lipinski definition) is 1. The molecule has 1 heteroatoms. The Kier molecular flexibility index (Phi) is 3.79. The third kappa shape index (κ3) is 2.53. The first kappa shape index (κ1) is 11.4. The number of rotatable bonds is 5. The zero-order chi connectivity index (χ0) is 11.4. The topological polar surface area (TPSA) is 9.23 Å². The molecule has 0 heterocycles. The quantitative estimate of drug-likeness (QED) is 0.716. The molecule has 0 spiro atoms. The number of fused-ring (bicyclic) bond motifs is 1. The summed E-state index contributed by atoms with van der Waals surface area (Å²) >= 11 is 0. The lowest BCUT2D eigenvalue weighted by Crippen LogP contribution is -2.08. The van der Waals surface area contributed by atoms with Gasteiger partial charge < -0.3 is 4.74 Å². The minimum absolute atomic E-state index is 0.176. The Morgan fingerprint density at radius 3 is 2.94 bits per heavy atom. The molecule has 16 heavy (non-hydrogen) atoms. The zero-order valence-corrected chi connectivity index (χ0v) is 10.1. The molecule has 2 unspecified atom stereocenters. The van der Waals surface area contributed by atoms with Crippen molar-refractivity contribution in [2.24, 2.45) is 5.92 Å². The molecule has 1 aliphatic carbocycles. The molecule has 0 N–H and O–H groups in total. The summed E-state index contributed by atoms with van der Waals surface area (Å²) in [6.45, 7) is 5.34. The molecule has 0 saturated heterocycles. The van der Waals surface area contributed by atoms with Gasteiger partial charge in [-0.25, -0.2) is 0 Å². The lowest BCUT2D eigenvalue weighted by atomic mass is 10.1. The Labute approximate surface area is 98.1 Å². The van der Waals surface area contributed by atoms with E-state index in [0.29, 0.717) is 5.92 Å². The molecule has 86 valence electrons. The molecule has 0 radical (unpaired) electrons. The van der Waals surface area contributed by atoms with Crippen LogP contribution in [0.25, 0.3) is 6.08 Å². The first-order valence-corrected chi connectivity index (χ1v) is 6.20. The minimum atomic E-state index is 0.176. The highest BCUT2D eigenvalue weighted by atomic mass is 16.5. The summed E-state index contributed by atoms with van der Waals surface area (Å²) in [5.41, 5.74) is 2.61. The van der Waals surface area contributed by atoms with Crippen molar-refractivity contribution >= 4 is 6.08 Å². The van der Waals surface area contributed by atoms with Crippen molar-refractivity contribution in [2.75, 3.05) is 6.61 Å². The molecule has 0 bridgehead atoms. The predicted octanol–water partition coefficient (Wildman–Crippen LogP) is 4.21.